The van der Waals surface area contributed by atoms with Crippen molar-refractivity contribution in [2.45, 2.75) is 4.90 Å². The smallest absolute Gasteiger partial charge is 0.254 e. The van der Waals surface area contributed by atoms with Crippen LogP contribution in [0.15, 0.2) is 77.7 Å². The van der Waals surface area contributed by atoms with Crippen molar-refractivity contribution in [1.82, 2.24) is 9.21 Å². The van der Waals surface area contributed by atoms with Gasteiger partial charge in [-0.25, -0.2) is 17.2 Å². The molecule has 1 amide bonds. The number of carbonyl (C=O) groups is 1. The Balaban J connectivity index is 1.53. The van der Waals surface area contributed by atoms with Crippen molar-refractivity contribution in [2.75, 3.05) is 26.2 Å². The Morgan fingerprint density at radius 3 is 1.97 bits per heavy atom. The Morgan fingerprint density at radius 1 is 0.742 bits per heavy atom. The van der Waals surface area contributed by atoms with Crippen molar-refractivity contribution >= 4 is 15.9 Å². The monoisotopic (exact) mass is 442 g/mol. The van der Waals surface area contributed by atoms with Gasteiger partial charge >= 0.3 is 0 Å². The fourth-order valence-corrected chi connectivity index (χ4v) is 5.23. The lowest BCUT2D eigenvalue weighted by Crippen LogP contribution is -2.50. The molecule has 0 N–H and O–H groups in total. The Kier molecular flexibility index (Phi) is 5.84. The summed E-state index contributed by atoms with van der Waals surface area (Å²) in [6, 6.07) is 19.7. The van der Waals surface area contributed by atoms with E-state index in [1.54, 1.807) is 17.0 Å². The third-order valence-corrected chi connectivity index (χ3v) is 7.24. The number of halogens is 2. The average molecular weight is 442 g/mol. The number of rotatable bonds is 4. The first kappa shape index (κ1) is 21.1. The molecule has 1 saturated heterocycles. The minimum absolute atomic E-state index is 0.0463. The molecule has 3 aromatic rings. The minimum Gasteiger partial charge on any atom is -0.336 e. The summed E-state index contributed by atoms with van der Waals surface area (Å²) in [5, 5.41) is 0. The molecule has 3 aromatic carbocycles. The van der Waals surface area contributed by atoms with Gasteiger partial charge in [-0.3, -0.25) is 4.79 Å². The Hall–Kier alpha value is -3.10. The van der Waals surface area contributed by atoms with Gasteiger partial charge in [0.05, 0.1) is 0 Å². The predicted molar refractivity (Wildman–Crippen MR) is 113 cm³/mol. The molecule has 160 valence electrons. The number of amides is 1. The van der Waals surface area contributed by atoms with Gasteiger partial charge in [0, 0.05) is 31.7 Å². The van der Waals surface area contributed by atoms with E-state index in [-0.39, 0.29) is 32.1 Å². The zero-order valence-corrected chi connectivity index (χ0v) is 17.4. The topological polar surface area (TPSA) is 57.7 Å². The van der Waals surface area contributed by atoms with E-state index in [2.05, 4.69) is 0 Å². The van der Waals surface area contributed by atoms with Gasteiger partial charge in [0.2, 0.25) is 10.0 Å². The van der Waals surface area contributed by atoms with E-state index in [4.69, 9.17) is 0 Å². The summed E-state index contributed by atoms with van der Waals surface area (Å²) in [5.74, 6) is -2.47. The van der Waals surface area contributed by atoms with Crippen LogP contribution >= 0.6 is 0 Å². The normalized spacial score (nSPS) is 15.1. The van der Waals surface area contributed by atoms with Crippen LogP contribution in [0.4, 0.5) is 8.78 Å². The lowest BCUT2D eigenvalue weighted by Gasteiger charge is -2.34. The fourth-order valence-electron chi connectivity index (χ4n) is 3.70. The molecule has 0 aliphatic carbocycles. The highest BCUT2D eigenvalue weighted by Gasteiger charge is 2.34. The maximum absolute atomic E-state index is 14.0. The quantitative estimate of drug-likeness (QED) is 0.618. The first-order valence-corrected chi connectivity index (χ1v) is 11.2. The number of benzene rings is 3. The molecule has 0 unspecified atom stereocenters. The molecular weight excluding hydrogens is 422 g/mol. The van der Waals surface area contributed by atoms with Crippen LogP contribution in [0.2, 0.25) is 0 Å². The molecule has 0 spiro atoms. The van der Waals surface area contributed by atoms with Crippen LogP contribution in [0.1, 0.15) is 10.4 Å². The zero-order valence-electron chi connectivity index (χ0n) is 16.5. The van der Waals surface area contributed by atoms with E-state index in [0.29, 0.717) is 5.56 Å². The van der Waals surface area contributed by atoms with Gasteiger partial charge in [0.25, 0.3) is 5.91 Å². The van der Waals surface area contributed by atoms with Crippen LogP contribution < -0.4 is 0 Å². The summed E-state index contributed by atoms with van der Waals surface area (Å²) in [4.78, 5) is 13.8. The third-order valence-electron chi connectivity index (χ3n) is 5.28. The molecule has 0 saturated carbocycles. The molecule has 1 aliphatic heterocycles. The van der Waals surface area contributed by atoms with Gasteiger partial charge in [-0.15, -0.1) is 0 Å². The van der Waals surface area contributed by atoms with Gasteiger partial charge in [-0.1, -0.05) is 54.6 Å². The van der Waals surface area contributed by atoms with Crippen LogP contribution in [0.5, 0.6) is 0 Å². The van der Waals surface area contributed by atoms with E-state index in [9.17, 15) is 22.0 Å². The van der Waals surface area contributed by atoms with Crippen molar-refractivity contribution in [2.24, 2.45) is 0 Å². The van der Waals surface area contributed by atoms with Gasteiger partial charge in [-0.05, 0) is 29.3 Å². The highest BCUT2D eigenvalue weighted by Crippen LogP contribution is 2.27. The van der Waals surface area contributed by atoms with E-state index in [1.807, 2.05) is 42.5 Å². The number of nitrogens with zero attached hydrogens (tertiary/aromatic N) is 2. The summed E-state index contributed by atoms with van der Waals surface area (Å²) >= 11 is 0. The molecule has 4 rings (SSSR count). The van der Waals surface area contributed by atoms with Crippen LogP contribution in [-0.4, -0.2) is 49.7 Å². The Bertz CT molecular complexity index is 1190. The van der Waals surface area contributed by atoms with Gasteiger partial charge in [0.1, 0.15) is 11.6 Å². The first-order chi connectivity index (χ1) is 14.9. The highest BCUT2D eigenvalue weighted by atomic mass is 32.2. The maximum atomic E-state index is 14.0. The lowest BCUT2D eigenvalue weighted by molar-refractivity contribution is 0.0698. The molecule has 5 nitrogen and oxygen atoms in total. The second kappa shape index (κ2) is 8.56. The molecule has 1 fully saturated rings. The molecule has 0 aromatic heterocycles. The van der Waals surface area contributed by atoms with Crippen LogP contribution in [-0.2, 0) is 10.0 Å². The molecule has 0 radical (unpaired) electrons. The molecule has 0 atom stereocenters. The SMILES string of the molecule is O=C(c1ccccc1-c1ccccc1)N1CCN(S(=O)(=O)c2c(F)cccc2F)CC1. The standard InChI is InChI=1S/C23H20F2N2O3S/c24-20-11-6-12-21(25)22(20)31(29,30)27-15-13-26(14-16-27)23(28)19-10-5-4-9-18(19)17-7-2-1-3-8-17/h1-12H,13-16H2. The number of hydrogen-bond donors (Lipinski definition) is 0. The van der Waals surface area contributed by atoms with Gasteiger partial charge in [-0.2, -0.15) is 4.31 Å². The fraction of sp³-hybridized carbons (Fsp3) is 0.174. The summed E-state index contributed by atoms with van der Waals surface area (Å²) in [7, 11) is -4.34. The number of sulfonamides is 1. The summed E-state index contributed by atoms with van der Waals surface area (Å²) in [5.41, 5.74) is 2.21. The van der Waals surface area contributed by atoms with Crippen molar-refractivity contribution in [3.05, 3.63) is 90.0 Å². The number of hydrogen-bond acceptors (Lipinski definition) is 3. The Labute approximate surface area is 179 Å². The maximum Gasteiger partial charge on any atom is 0.254 e. The number of carbonyl (C=O) groups excluding carboxylic acids is 1. The summed E-state index contributed by atoms with van der Waals surface area (Å²) in [6.45, 7) is 0.152. The molecule has 1 heterocycles. The molecule has 1 aliphatic rings. The summed E-state index contributed by atoms with van der Waals surface area (Å²) < 4.78 is 54.6. The minimum atomic E-state index is -4.34. The van der Waals surface area contributed by atoms with Gasteiger partial charge < -0.3 is 4.90 Å². The van der Waals surface area contributed by atoms with Gasteiger partial charge in [0.15, 0.2) is 4.90 Å². The van der Waals surface area contributed by atoms with E-state index in [0.717, 1.165) is 33.6 Å². The molecule has 0 bridgehead atoms. The first-order valence-electron chi connectivity index (χ1n) is 9.77. The average Bonchev–Trinajstić information content (AvgIpc) is 2.79. The lowest BCUT2D eigenvalue weighted by atomic mass is 9.99. The van der Waals surface area contributed by atoms with Crippen LogP contribution in [0.25, 0.3) is 11.1 Å². The van der Waals surface area contributed by atoms with Crippen molar-refractivity contribution in [1.29, 1.82) is 0 Å². The largest absolute Gasteiger partial charge is 0.336 e. The van der Waals surface area contributed by atoms with E-state index in [1.165, 1.54) is 0 Å². The predicted octanol–water partition coefficient (Wildman–Crippen LogP) is 3.78. The third kappa shape index (κ3) is 4.08. The molecule has 8 heteroatoms. The Morgan fingerprint density at radius 2 is 1.32 bits per heavy atom. The highest BCUT2D eigenvalue weighted by molar-refractivity contribution is 7.89. The second-order valence-electron chi connectivity index (χ2n) is 7.16. The van der Waals surface area contributed by atoms with Crippen molar-refractivity contribution in [3.63, 3.8) is 0 Å². The second-order valence-corrected chi connectivity index (χ2v) is 9.03. The zero-order chi connectivity index (χ0) is 22.0. The van der Waals surface area contributed by atoms with E-state index < -0.39 is 26.6 Å². The number of piperazine rings is 1. The molecular formula is C23H20F2N2O3S. The van der Waals surface area contributed by atoms with Crippen molar-refractivity contribution < 1.29 is 22.0 Å². The molecule has 31 heavy (non-hydrogen) atoms. The van der Waals surface area contributed by atoms with Crippen LogP contribution in [0.3, 0.4) is 0 Å². The van der Waals surface area contributed by atoms with E-state index >= 15 is 0 Å². The van der Waals surface area contributed by atoms with Crippen molar-refractivity contribution in [3.8, 4) is 11.1 Å². The summed E-state index contributed by atoms with van der Waals surface area (Å²) in [6.07, 6.45) is 0. The van der Waals surface area contributed by atoms with Crippen LogP contribution in [0, 0.1) is 11.6 Å².